The minimum Gasteiger partial charge on any atom is -0.497 e. The molecule has 3 aromatic rings. The molecular formula is C29H32N4O4. The number of nitrogens with one attached hydrogen (secondary N) is 1. The zero-order chi connectivity index (χ0) is 25.9. The molecule has 3 saturated heterocycles. The summed E-state index contributed by atoms with van der Waals surface area (Å²) in [5, 5.41) is 2.75. The Labute approximate surface area is 217 Å². The van der Waals surface area contributed by atoms with Crippen LogP contribution in [0.5, 0.6) is 5.75 Å². The van der Waals surface area contributed by atoms with Crippen LogP contribution in [0.4, 0.5) is 10.5 Å². The van der Waals surface area contributed by atoms with Crippen LogP contribution in [0.2, 0.25) is 0 Å². The van der Waals surface area contributed by atoms with Crippen molar-refractivity contribution < 1.29 is 19.1 Å². The Bertz CT molecular complexity index is 1280. The number of carbonyl (C=O) groups excluding carboxylic acids is 2. The van der Waals surface area contributed by atoms with E-state index in [1.807, 2.05) is 31.2 Å². The van der Waals surface area contributed by atoms with Crippen molar-refractivity contribution in [2.24, 2.45) is 5.92 Å². The highest BCUT2D eigenvalue weighted by Gasteiger charge is 2.42. The lowest BCUT2D eigenvalue weighted by Gasteiger charge is -2.49. The van der Waals surface area contributed by atoms with Gasteiger partial charge >= 0.3 is 6.09 Å². The third-order valence-corrected chi connectivity index (χ3v) is 7.45. The van der Waals surface area contributed by atoms with Crippen LogP contribution in [-0.2, 0) is 4.74 Å². The Morgan fingerprint density at radius 3 is 2.49 bits per heavy atom. The second-order valence-corrected chi connectivity index (χ2v) is 9.85. The summed E-state index contributed by atoms with van der Waals surface area (Å²) in [6.07, 6.45) is 1.59. The first-order valence-corrected chi connectivity index (χ1v) is 12.7. The number of ketones is 1. The van der Waals surface area contributed by atoms with Crippen LogP contribution in [0, 0.1) is 12.8 Å². The van der Waals surface area contributed by atoms with Gasteiger partial charge in [0, 0.05) is 41.0 Å². The Kier molecular flexibility index (Phi) is 7.19. The predicted octanol–water partition coefficient (Wildman–Crippen LogP) is 5.09. The standard InChI is InChI=1S/C29H32N4O4/c1-18(34)20-4-8-23(9-5-20)32-29(35)37-17-24-14-22-12-13-33(24)16-26(22)28-15-27(30-19(2)31-28)21-6-10-25(36-3)11-7-21/h4-11,15,22,24,26H,12-14,16-17H2,1-3H3,(H,32,35). The van der Waals surface area contributed by atoms with E-state index in [1.165, 1.54) is 6.92 Å². The Morgan fingerprint density at radius 1 is 1.08 bits per heavy atom. The molecule has 1 N–H and O–H groups in total. The quantitative estimate of drug-likeness (QED) is 0.452. The highest BCUT2D eigenvalue weighted by molar-refractivity contribution is 5.94. The van der Waals surface area contributed by atoms with Gasteiger partial charge in [-0.15, -0.1) is 0 Å². The summed E-state index contributed by atoms with van der Waals surface area (Å²) in [6.45, 7) is 5.70. The van der Waals surface area contributed by atoms with E-state index in [9.17, 15) is 9.59 Å². The van der Waals surface area contributed by atoms with Crippen LogP contribution in [0.25, 0.3) is 11.3 Å². The molecule has 4 unspecified atom stereocenters. The van der Waals surface area contributed by atoms with Gasteiger partial charge in [-0.05, 0) is 93.7 Å². The number of hydrogen-bond donors (Lipinski definition) is 1. The number of benzene rings is 2. The first-order chi connectivity index (χ1) is 17.9. The number of Topliss-reactive ketones (excluding diaryl/α,β-unsaturated/α-hetero) is 1. The van der Waals surface area contributed by atoms with E-state index in [2.05, 4.69) is 21.3 Å². The molecule has 2 bridgehead atoms. The van der Waals surface area contributed by atoms with E-state index >= 15 is 0 Å². The van der Waals surface area contributed by atoms with Gasteiger partial charge < -0.3 is 9.47 Å². The number of aromatic nitrogens is 2. The summed E-state index contributed by atoms with van der Waals surface area (Å²) in [4.78, 5) is 35.7. The largest absolute Gasteiger partial charge is 0.497 e. The number of methoxy groups -OCH3 is 1. The molecule has 0 aliphatic carbocycles. The van der Waals surface area contributed by atoms with E-state index in [-0.39, 0.29) is 11.8 Å². The lowest BCUT2D eigenvalue weighted by molar-refractivity contribution is -0.00151. The van der Waals surface area contributed by atoms with Gasteiger partial charge in [-0.3, -0.25) is 15.0 Å². The van der Waals surface area contributed by atoms with Crippen LogP contribution in [0.3, 0.4) is 0 Å². The van der Waals surface area contributed by atoms with Crippen LogP contribution in [0.1, 0.15) is 47.6 Å². The number of rotatable bonds is 7. The summed E-state index contributed by atoms with van der Waals surface area (Å²) in [7, 11) is 1.66. The fraction of sp³-hybridized carbons (Fsp3) is 0.379. The smallest absolute Gasteiger partial charge is 0.411 e. The van der Waals surface area contributed by atoms with Crippen LogP contribution < -0.4 is 10.1 Å². The van der Waals surface area contributed by atoms with Crippen molar-refractivity contribution in [3.8, 4) is 17.0 Å². The van der Waals surface area contributed by atoms with Crippen molar-refractivity contribution in [1.82, 2.24) is 14.9 Å². The summed E-state index contributed by atoms with van der Waals surface area (Å²) >= 11 is 0. The molecule has 1 aromatic heterocycles. The van der Waals surface area contributed by atoms with Crippen molar-refractivity contribution in [3.05, 3.63) is 71.7 Å². The maximum Gasteiger partial charge on any atom is 0.411 e. The van der Waals surface area contributed by atoms with Gasteiger partial charge in [0.1, 0.15) is 18.2 Å². The van der Waals surface area contributed by atoms with Gasteiger partial charge in [0.05, 0.1) is 12.8 Å². The fourth-order valence-electron chi connectivity index (χ4n) is 5.45. The Morgan fingerprint density at radius 2 is 1.84 bits per heavy atom. The molecule has 192 valence electrons. The average Bonchev–Trinajstić information content (AvgIpc) is 2.92. The van der Waals surface area contributed by atoms with E-state index in [0.717, 1.165) is 54.5 Å². The average molecular weight is 501 g/mol. The molecule has 4 atom stereocenters. The molecular weight excluding hydrogens is 468 g/mol. The van der Waals surface area contributed by atoms with E-state index in [4.69, 9.17) is 14.5 Å². The van der Waals surface area contributed by atoms with E-state index in [1.54, 1.807) is 31.4 Å². The molecule has 37 heavy (non-hydrogen) atoms. The van der Waals surface area contributed by atoms with Crippen molar-refractivity contribution in [2.75, 3.05) is 32.1 Å². The minimum atomic E-state index is -0.481. The molecule has 0 spiro atoms. The topological polar surface area (TPSA) is 93.7 Å². The third-order valence-electron chi connectivity index (χ3n) is 7.45. The molecule has 6 rings (SSSR count). The first-order valence-electron chi connectivity index (χ1n) is 12.7. The van der Waals surface area contributed by atoms with Crippen LogP contribution in [0.15, 0.2) is 54.6 Å². The monoisotopic (exact) mass is 500 g/mol. The lowest BCUT2D eigenvalue weighted by Crippen LogP contribution is -2.54. The van der Waals surface area contributed by atoms with Gasteiger partial charge in [-0.25, -0.2) is 14.8 Å². The summed E-state index contributed by atoms with van der Waals surface area (Å²) in [5.41, 5.74) is 4.26. The Balaban J connectivity index is 1.20. The predicted molar refractivity (Wildman–Crippen MR) is 141 cm³/mol. The number of hydrogen-bond acceptors (Lipinski definition) is 7. The summed E-state index contributed by atoms with van der Waals surface area (Å²) < 4.78 is 10.9. The fourth-order valence-corrected chi connectivity index (χ4v) is 5.45. The second kappa shape index (κ2) is 10.7. The highest BCUT2D eigenvalue weighted by atomic mass is 16.5. The molecule has 3 fully saturated rings. The SMILES string of the molecule is COc1ccc(-c2cc(C3CN4CCC3CC4COC(=O)Nc3ccc(C(C)=O)cc3)nc(C)n2)cc1. The number of anilines is 1. The van der Waals surface area contributed by atoms with Gasteiger partial charge in [0.25, 0.3) is 0 Å². The number of amides is 1. The Hall–Kier alpha value is -3.78. The molecule has 3 aliphatic rings. The van der Waals surface area contributed by atoms with Crippen molar-refractivity contribution in [1.29, 1.82) is 0 Å². The van der Waals surface area contributed by atoms with Crippen molar-refractivity contribution >= 4 is 17.6 Å². The number of nitrogens with zero attached hydrogens (tertiary/aromatic N) is 3. The number of fused-ring (bicyclic) bond motifs is 3. The molecule has 0 saturated carbocycles. The maximum absolute atomic E-state index is 12.4. The number of piperidine rings is 3. The summed E-state index contributed by atoms with van der Waals surface area (Å²) in [6, 6.07) is 17.1. The van der Waals surface area contributed by atoms with Gasteiger partial charge in [0.2, 0.25) is 0 Å². The lowest BCUT2D eigenvalue weighted by atomic mass is 9.74. The molecule has 8 heteroatoms. The molecule has 4 heterocycles. The molecule has 3 aliphatic heterocycles. The maximum atomic E-state index is 12.4. The van der Waals surface area contributed by atoms with Gasteiger partial charge in [-0.2, -0.15) is 0 Å². The number of ether oxygens (including phenoxy) is 2. The normalized spacial score (nSPS) is 22.4. The zero-order valence-electron chi connectivity index (χ0n) is 21.4. The highest BCUT2D eigenvalue weighted by Crippen LogP contribution is 2.42. The first kappa shape index (κ1) is 24.9. The minimum absolute atomic E-state index is 0.0112. The zero-order valence-corrected chi connectivity index (χ0v) is 21.4. The van der Waals surface area contributed by atoms with E-state index < -0.39 is 6.09 Å². The van der Waals surface area contributed by atoms with Gasteiger partial charge in [-0.1, -0.05) is 0 Å². The van der Waals surface area contributed by atoms with Crippen molar-refractivity contribution in [2.45, 2.75) is 38.6 Å². The van der Waals surface area contributed by atoms with Gasteiger partial charge in [0.15, 0.2) is 5.78 Å². The van der Waals surface area contributed by atoms with Crippen LogP contribution >= 0.6 is 0 Å². The van der Waals surface area contributed by atoms with Crippen molar-refractivity contribution in [3.63, 3.8) is 0 Å². The number of aryl methyl sites for hydroxylation is 1. The molecule has 0 radical (unpaired) electrons. The molecule has 8 nitrogen and oxygen atoms in total. The van der Waals surface area contributed by atoms with E-state index in [0.29, 0.717) is 29.7 Å². The second-order valence-electron chi connectivity index (χ2n) is 9.85. The molecule has 1 amide bonds. The molecule has 2 aromatic carbocycles. The number of carbonyl (C=O) groups is 2. The van der Waals surface area contributed by atoms with Crippen LogP contribution in [-0.4, -0.2) is 59.6 Å². The third kappa shape index (κ3) is 5.64. The summed E-state index contributed by atoms with van der Waals surface area (Å²) in [5.74, 6) is 2.40.